The van der Waals surface area contributed by atoms with Crippen molar-refractivity contribution in [1.82, 2.24) is 34.9 Å². The summed E-state index contributed by atoms with van der Waals surface area (Å²) in [6.07, 6.45) is 4.85. The third kappa shape index (κ3) is 3.30. The molecular formula is C23H17N9. The lowest BCUT2D eigenvalue weighted by atomic mass is 10.00. The molecule has 0 bridgehead atoms. The van der Waals surface area contributed by atoms with Crippen molar-refractivity contribution in [3.05, 3.63) is 78.5 Å². The molecule has 1 unspecified atom stereocenters. The molecule has 0 fully saturated rings. The van der Waals surface area contributed by atoms with E-state index in [1.165, 1.54) is 6.33 Å². The quantitative estimate of drug-likeness (QED) is 0.469. The number of nitrogen functional groups attached to an aromatic ring is 1. The lowest BCUT2D eigenvalue weighted by Gasteiger charge is -2.10. The highest BCUT2D eigenvalue weighted by Gasteiger charge is 2.23. The number of fused-ring (bicyclic) bond motifs is 1. The van der Waals surface area contributed by atoms with E-state index in [2.05, 4.69) is 31.1 Å². The van der Waals surface area contributed by atoms with Gasteiger partial charge < -0.3 is 5.73 Å². The third-order valence-electron chi connectivity index (χ3n) is 5.14. The number of nitrogens with two attached hydrogens (primary N) is 1. The first-order chi connectivity index (χ1) is 15.7. The zero-order valence-electron chi connectivity index (χ0n) is 17.1. The fourth-order valence-corrected chi connectivity index (χ4v) is 3.55. The van der Waals surface area contributed by atoms with Crippen molar-refractivity contribution in [2.45, 2.75) is 13.0 Å². The van der Waals surface area contributed by atoms with E-state index in [1.54, 1.807) is 41.5 Å². The molecule has 1 aromatic carbocycles. The first kappa shape index (κ1) is 19.3. The zero-order chi connectivity index (χ0) is 22.1. The Bertz CT molecular complexity index is 1450. The van der Waals surface area contributed by atoms with E-state index >= 15 is 0 Å². The van der Waals surface area contributed by atoms with Gasteiger partial charge in [-0.15, -0.1) is 5.10 Å². The van der Waals surface area contributed by atoms with E-state index in [4.69, 9.17) is 10.8 Å². The van der Waals surface area contributed by atoms with Crippen LogP contribution in [0.25, 0.3) is 33.5 Å². The fourth-order valence-electron chi connectivity index (χ4n) is 3.55. The smallest absolute Gasteiger partial charge is 0.156 e. The molecule has 0 spiro atoms. The van der Waals surface area contributed by atoms with Crippen LogP contribution in [0.5, 0.6) is 0 Å². The molecule has 0 aliphatic heterocycles. The molecule has 0 aliphatic carbocycles. The van der Waals surface area contributed by atoms with Gasteiger partial charge in [0.2, 0.25) is 0 Å². The topological polar surface area (TPSA) is 132 Å². The first-order valence-electron chi connectivity index (χ1n) is 9.89. The number of rotatable bonds is 4. The number of nitrogens with zero attached hydrogens (tertiary/aromatic N) is 8. The van der Waals surface area contributed by atoms with Gasteiger partial charge in [-0.05, 0) is 37.3 Å². The van der Waals surface area contributed by atoms with Crippen LogP contribution in [-0.2, 0) is 0 Å². The average molecular weight is 419 g/mol. The Morgan fingerprint density at radius 2 is 1.88 bits per heavy atom. The molecule has 4 heterocycles. The van der Waals surface area contributed by atoms with Gasteiger partial charge in [0.25, 0.3) is 0 Å². The van der Waals surface area contributed by atoms with E-state index in [9.17, 15) is 5.26 Å². The van der Waals surface area contributed by atoms with Crippen molar-refractivity contribution in [2.75, 3.05) is 5.73 Å². The van der Waals surface area contributed by atoms with Crippen LogP contribution in [0, 0.1) is 11.3 Å². The van der Waals surface area contributed by atoms with Gasteiger partial charge in [-0.1, -0.05) is 18.2 Å². The molecular weight excluding hydrogens is 402 g/mol. The predicted octanol–water partition coefficient (Wildman–Crippen LogP) is 3.41. The SMILES string of the molecule is CC(c1ccccn1)n1nc2c(N)nc(-c3cccc(C#N)c3)c(-c3ccncn3)c2n1. The van der Waals surface area contributed by atoms with Gasteiger partial charge in [-0.3, -0.25) is 4.98 Å². The summed E-state index contributed by atoms with van der Waals surface area (Å²) < 4.78 is 0. The van der Waals surface area contributed by atoms with Gasteiger partial charge >= 0.3 is 0 Å². The Labute approximate surface area is 183 Å². The molecule has 9 heteroatoms. The van der Waals surface area contributed by atoms with E-state index < -0.39 is 0 Å². The van der Waals surface area contributed by atoms with Crippen molar-refractivity contribution < 1.29 is 0 Å². The molecule has 0 saturated carbocycles. The van der Waals surface area contributed by atoms with Crippen LogP contribution in [0.2, 0.25) is 0 Å². The van der Waals surface area contributed by atoms with Crippen LogP contribution < -0.4 is 5.73 Å². The van der Waals surface area contributed by atoms with Gasteiger partial charge in [0.05, 0.1) is 34.3 Å². The predicted molar refractivity (Wildman–Crippen MR) is 119 cm³/mol. The van der Waals surface area contributed by atoms with Crippen LogP contribution >= 0.6 is 0 Å². The zero-order valence-corrected chi connectivity index (χ0v) is 17.1. The molecule has 0 saturated heterocycles. The normalized spacial score (nSPS) is 11.9. The minimum atomic E-state index is -0.216. The Morgan fingerprint density at radius 1 is 1.00 bits per heavy atom. The largest absolute Gasteiger partial charge is 0.382 e. The standard InChI is InChI=1S/C23H17N9/c1-14(17-7-2-3-9-27-17)32-30-21-19(18-8-10-26-13-28-18)20(29-23(25)22(21)31-32)16-6-4-5-15(11-16)12-24/h2-11,13-14H,1H3,(H2,25,29). The number of hydrogen-bond donors (Lipinski definition) is 1. The van der Waals surface area contributed by atoms with Crippen LogP contribution in [-0.4, -0.2) is 34.9 Å². The summed E-state index contributed by atoms with van der Waals surface area (Å²) in [5.74, 6) is 0.245. The van der Waals surface area contributed by atoms with E-state index in [0.29, 0.717) is 33.5 Å². The number of hydrogen-bond acceptors (Lipinski definition) is 8. The Kier molecular flexibility index (Phi) is 4.72. The Morgan fingerprint density at radius 3 is 2.62 bits per heavy atom. The van der Waals surface area contributed by atoms with Crippen LogP contribution in [0.15, 0.2) is 67.3 Å². The van der Waals surface area contributed by atoms with Crippen molar-refractivity contribution in [3.63, 3.8) is 0 Å². The Hall–Kier alpha value is -4.71. The molecule has 5 rings (SSSR count). The highest BCUT2D eigenvalue weighted by Crippen LogP contribution is 2.37. The summed E-state index contributed by atoms with van der Waals surface area (Å²) in [7, 11) is 0. The molecule has 4 aromatic heterocycles. The molecule has 32 heavy (non-hydrogen) atoms. The molecule has 1 atom stereocenters. The molecule has 0 radical (unpaired) electrons. The number of aromatic nitrogens is 7. The number of anilines is 1. The van der Waals surface area contributed by atoms with Gasteiger partial charge in [0.1, 0.15) is 17.9 Å². The maximum Gasteiger partial charge on any atom is 0.156 e. The number of nitriles is 1. The highest BCUT2D eigenvalue weighted by atomic mass is 15.5. The number of benzene rings is 1. The second-order valence-electron chi connectivity index (χ2n) is 7.16. The second kappa shape index (κ2) is 7.85. The third-order valence-corrected chi connectivity index (χ3v) is 5.14. The van der Waals surface area contributed by atoms with Crippen molar-refractivity contribution in [3.8, 4) is 28.6 Å². The van der Waals surface area contributed by atoms with Crippen LogP contribution in [0.4, 0.5) is 5.82 Å². The molecule has 154 valence electrons. The molecule has 0 aliphatic rings. The van der Waals surface area contributed by atoms with Crippen LogP contribution in [0.1, 0.15) is 24.2 Å². The summed E-state index contributed by atoms with van der Waals surface area (Å²) in [4.78, 5) is 19.1. The molecule has 5 aromatic rings. The van der Waals surface area contributed by atoms with Gasteiger partial charge in [0, 0.05) is 18.0 Å². The van der Waals surface area contributed by atoms with E-state index in [0.717, 1.165) is 11.3 Å². The maximum atomic E-state index is 9.35. The summed E-state index contributed by atoms with van der Waals surface area (Å²) in [5, 5.41) is 18.7. The Balaban J connectivity index is 1.79. The highest BCUT2D eigenvalue weighted by molar-refractivity contribution is 6.01. The van der Waals surface area contributed by atoms with Gasteiger partial charge in [0.15, 0.2) is 11.3 Å². The van der Waals surface area contributed by atoms with Gasteiger partial charge in [-0.2, -0.15) is 15.2 Å². The summed E-state index contributed by atoms with van der Waals surface area (Å²) >= 11 is 0. The maximum absolute atomic E-state index is 9.35. The van der Waals surface area contributed by atoms with E-state index in [-0.39, 0.29) is 11.9 Å². The summed E-state index contributed by atoms with van der Waals surface area (Å²) in [6.45, 7) is 1.96. The lowest BCUT2D eigenvalue weighted by Crippen LogP contribution is -2.11. The second-order valence-corrected chi connectivity index (χ2v) is 7.16. The molecule has 9 nitrogen and oxygen atoms in total. The van der Waals surface area contributed by atoms with E-state index in [1.807, 2.05) is 31.2 Å². The summed E-state index contributed by atoms with van der Waals surface area (Å²) in [5.41, 5.74) is 11.3. The number of pyridine rings is 2. The average Bonchev–Trinajstić information content (AvgIpc) is 3.30. The van der Waals surface area contributed by atoms with Crippen molar-refractivity contribution in [1.29, 1.82) is 5.26 Å². The minimum Gasteiger partial charge on any atom is -0.382 e. The van der Waals surface area contributed by atoms with Gasteiger partial charge in [-0.25, -0.2) is 15.0 Å². The first-order valence-corrected chi connectivity index (χ1v) is 9.89. The molecule has 0 amide bonds. The van der Waals surface area contributed by atoms with Crippen molar-refractivity contribution in [2.24, 2.45) is 0 Å². The summed E-state index contributed by atoms with van der Waals surface area (Å²) in [6, 6.07) is 16.6. The fraction of sp³-hybridized carbons (Fsp3) is 0.0870. The van der Waals surface area contributed by atoms with Crippen molar-refractivity contribution >= 4 is 16.9 Å². The molecule has 2 N–H and O–H groups in total. The monoisotopic (exact) mass is 419 g/mol. The minimum absolute atomic E-state index is 0.216. The van der Waals surface area contributed by atoms with Crippen LogP contribution in [0.3, 0.4) is 0 Å². The lowest BCUT2D eigenvalue weighted by molar-refractivity contribution is 0.490.